The second-order valence-electron chi connectivity index (χ2n) is 6.53. The maximum atomic E-state index is 12.4. The van der Waals surface area contributed by atoms with Gasteiger partial charge in [-0.1, -0.05) is 18.2 Å². The molecule has 0 aliphatic heterocycles. The Bertz CT molecular complexity index is 541. The summed E-state index contributed by atoms with van der Waals surface area (Å²) in [7, 11) is 1.66. The molecule has 0 saturated heterocycles. The summed E-state index contributed by atoms with van der Waals surface area (Å²) in [6.45, 7) is 1.96. The van der Waals surface area contributed by atoms with Gasteiger partial charge < -0.3 is 15.2 Å². The molecule has 2 N–H and O–H groups in total. The fraction of sp³-hybridized carbons (Fsp3) is 0.588. The number of benzene rings is 1. The lowest BCUT2D eigenvalue weighted by atomic mass is 9.96. The molecule has 2 saturated carbocycles. The normalized spacial score (nSPS) is 26.8. The largest absolute Gasteiger partial charge is 0.496 e. The molecular formula is C17H23NO3. The Morgan fingerprint density at radius 2 is 2.14 bits per heavy atom. The molecule has 1 aromatic rings. The van der Waals surface area contributed by atoms with E-state index in [4.69, 9.17) is 4.74 Å². The number of aliphatic hydroxyl groups is 1. The van der Waals surface area contributed by atoms with Crippen LogP contribution in [0.1, 0.15) is 37.7 Å². The Balaban J connectivity index is 1.66. The number of hydrogen-bond donors (Lipinski definition) is 2. The van der Waals surface area contributed by atoms with E-state index in [1.54, 1.807) is 7.11 Å². The van der Waals surface area contributed by atoms with E-state index in [9.17, 15) is 9.90 Å². The van der Waals surface area contributed by atoms with Gasteiger partial charge in [0.15, 0.2) is 0 Å². The van der Waals surface area contributed by atoms with Gasteiger partial charge >= 0.3 is 0 Å². The van der Waals surface area contributed by atoms with Crippen molar-refractivity contribution < 1.29 is 14.6 Å². The molecule has 2 aliphatic rings. The Labute approximate surface area is 125 Å². The molecule has 1 amide bonds. The second kappa shape index (κ2) is 5.34. The molecule has 3 rings (SSSR count). The predicted molar refractivity (Wildman–Crippen MR) is 80.2 cm³/mol. The number of hydrogen-bond acceptors (Lipinski definition) is 3. The molecule has 1 aromatic carbocycles. The first-order chi connectivity index (χ1) is 10.1. The molecule has 3 atom stereocenters. The first kappa shape index (κ1) is 14.4. The molecule has 0 spiro atoms. The van der Waals surface area contributed by atoms with Crippen molar-refractivity contribution in [3.63, 3.8) is 0 Å². The maximum Gasteiger partial charge on any atom is 0.224 e. The average molecular weight is 289 g/mol. The molecular weight excluding hydrogens is 266 g/mol. The number of methoxy groups -OCH3 is 1. The Morgan fingerprint density at radius 1 is 1.43 bits per heavy atom. The van der Waals surface area contributed by atoms with E-state index in [0.717, 1.165) is 30.6 Å². The minimum absolute atomic E-state index is 0.00549. The van der Waals surface area contributed by atoms with Crippen LogP contribution in [0.2, 0.25) is 0 Å². The number of aliphatic hydroxyl groups excluding tert-OH is 1. The number of amides is 1. The lowest BCUT2D eigenvalue weighted by Gasteiger charge is -2.29. The van der Waals surface area contributed by atoms with Crippen LogP contribution in [-0.4, -0.2) is 30.3 Å². The van der Waals surface area contributed by atoms with Crippen LogP contribution in [0.3, 0.4) is 0 Å². The smallest absolute Gasteiger partial charge is 0.224 e. The van der Waals surface area contributed by atoms with E-state index in [1.807, 2.05) is 31.2 Å². The highest BCUT2D eigenvalue weighted by Crippen LogP contribution is 2.51. The van der Waals surface area contributed by atoms with Crippen LogP contribution in [0.4, 0.5) is 0 Å². The third kappa shape index (κ3) is 2.77. The quantitative estimate of drug-likeness (QED) is 0.843. The van der Waals surface area contributed by atoms with Gasteiger partial charge in [-0.15, -0.1) is 0 Å². The predicted octanol–water partition coefficient (Wildman–Crippen LogP) is 2.08. The van der Waals surface area contributed by atoms with Crippen molar-refractivity contribution in [1.29, 1.82) is 0 Å². The van der Waals surface area contributed by atoms with E-state index < -0.39 is 5.54 Å². The highest BCUT2D eigenvalue weighted by Gasteiger charge is 2.49. The molecule has 0 bridgehead atoms. The number of carbonyl (C=O) groups excluding carboxylic acids is 1. The molecule has 21 heavy (non-hydrogen) atoms. The molecule has 4 nitrogen and oxygen atoms in total. The zero-order chi connectivity index (χ0) is 15.0. The summed E-state index contributed by atoms with van der Waals surface area (Å²) in [5.74, 6) is 1.59. The fourth-order valence-corrected chi connectivity index (χ4v) is 3.17. The van der Waals surface area contributed by atoms with Crippen molar-refractivity contribution in [3.8, 4) is 5.75 Å². The first-order valence-electron chi connectivity index (χ1n) is 7.65. The molecule has 2 aliphatic carbocycles. The maximum absolute atomic E-state index is 12.4. The van der Waals surface area contributed by atoms with Crippen LogP contribution < -0.4 is 10.1 Å². The van der Waals surface area contributed by atoms with Gasteiger partial charge in [0.1, 0.15) is 5.75 Å². The summed E-state index contributed by atoms with van der Waals surface area (Å²) in [5, 5.41) is 12.7. The van der Waals surface area contributed by atoms with E-state index in [0.29, 0.717) is 5.92 Å². The Kier molecular flexibility index (Phi) is 3.66. The number of nitrogens with one attached hydrogen (secondary N) is 1. The minimum Gasteiger partial charge on any atom is -0.496 e. The molecule has 4 heteroatoms. The molecule has 0 radical (unpaired) electrons. The Morgan fingerprint density at radius 3 is 2.76 bits per heavy atom. The average Bonchev–Trinajstić information content (AvgIpc) is 3.39. The van der Waals surface area contributed by atoms with Crippen molar-refractivity contribution in [1.82, 2.24) is 5.32 Å². The SMILES string of the molecule is COc1ccccc1C1CC1C(=O)NC(C)(CO)C1CC1. The van der Waals surface area contributed by atoms with Gasteiger partial charge in [-0.3, -0.25) is 4.79 Å². The van der Waals surface area contributed by atoms with Gasteiger partial charge in [-0.2, -0.15) is 0 Å². The fourth-order valence-electron chi connectivity index (χ4n) is 3.17. The van der Waals surface area contributed by atoms with Crippen molar-refractivity contribution in [3.05, 3.63) is 29.8 Å². The van der Waals surface area contributed by atoms with Gasteiger partial charge in [0, 0.05) is 5.92 Å². The standard InChI is InChI=1S/C17H23NO3/c1-17(10-19,11-7-8-11)18-16(20)14-9-13(14)12-5-3-4-6-15(12)21-2/h3-6,11,13-14,19H,7-10H2,1-2H3,(H,18,20). The monoisotopic (exact) mass is 289 g/mol. The van der Waals surface area contributed by atoms with Gasteiger partial charge in [-0.05, 0) is 49.7 Å². The summed E-state index contributed by atoms with van der Waals surface area (Å²) in [5.41, 5.74) is 0.655. The van der Waals surface area contributed by atoms with Crippen molar-refractivity contribution >= 4 is 5.91 Å². The third-order valence-electron chi connectivity index (χ3n) is 4.88. The number of rotatable bonds is 6. The van der Waals surface area contributed by atoms with Gasteiger partial charge in [0.2, 0.25) is 5.91 Å². The van der Waals surface area contributed by atoms with Gasteiger partial charge in [0.05, 0.1) is 19.3 Å². The van der Waals surface area contributed by atoms with Gasteiger partial charge in [-0.25, -0.2) is 0 Å². The van der Waals surface area contributed by atoms with Crippen LogP contribution in [0.5, 0.6) is 5.75 Å². The summed E-state index contributed by atoms with van der Waals surface area (Å²) in [6.07, 6.45) is 3.05. The van der Waals surface area contributed by atoms with Crippen LogP contribution in [0.15, 0.2) is 24.3 Å². The van der Waals surface area contributed by atoms with Crippen LogP contribution in [0, 0.1) is 11.8 Å². The number of ether oxygens (including phenoxy) is 1. The van der Waals surface area contributed by atoms with E-state index in [1.165, 1.54) is 0 Å². The summed E-state index contributed by atoms with van der Waals surface area (Å²) in [4.78, 5) is 12.4. The Hall–Kier alpha value is -1.55. The lowest BCUT2D eigenvalue weighted by Crippen LogP contribution is -2.51. The van der Waals surface area contributed by atoms with E-state index >= 15 is 0 Å². The molecule has 0 aromatic heterocycles. The summed E-state index contributed by atoms with van der Waals surface area (Å²) >= 11 is 0. The molecule has 0 heterocycles. The van der Waals surface area contributed by atoms with Crippen LogP contribution in [-0.2, 0) is 4.79 Å². The van der Waals surface area contributed by atoms with Crippen molar-refractivity contribution in [2.24, 2.45) is 11.8 Å². The van der Waals surface area contributed by atoms with Crippen molar-refractivity contribution in [2.45, 2.75) is 37.6 Å². The lowest BCUT2D eigenvalue weighted by molar-refractivity contribution is -0.125. The number of para-hydroxylation sites is 1. The molecule has 114 valence electrons. The van der Waals surface area contributed by atoms with Gasteiger partial charge in [0.25, 0.3) is 0 Å². The zero-order valence-corrected chi connectivity index (χ0v) is 12.6. The summed E-state index contributed by atoms with van der Waals surface area (Å²) in [6, 6.07) is 7.89. The summed E-state index contributed by atoms with van der Waals surface area (Å²) < 4.78 is 5.37. The highest BCUT2D eigenvalue weighted by molar-refractivity contribution is 5.84. The third-order valence-corrected chi connectivity index (χ3v) is 4.88. The molecule has 3 unspecified atom stereocenters. The first-order valence-corrected chi connectivity index (χ1v) is 7.65. The van der Waals surface area contributed by atoms with E-state index in [2.05, 4.69) is 5.32 Å². The second-order valence-corrected chi connectivity index (χ2v) is 6.53. The number of carbonyl (C=O) groups is 1. The molecule has 2 fully saturated rings. The topological polar surface area (TPSA) is 58.6 Å². The minimum atomic E-state index is -0.453. The zero-order valence-electron chi connectivity index (χ0n) is 12.6. The van der Waals surface area contributed by atoms with Crippen LogP contribution in [0.25, 0.3) is 0 Å². The van der Waals surface area contributed by atoms with Crippen LogP contribution >= 0.6 is 0 Å². The van der Waals surface area contributed by atoms with Crippen molar-refractivity contribution in [2.75, 3.05) is 13.7 Å². The highest BCUT2D eigenvalue weighted by atomic mass is 16.5. The van der Waals surface area contributed by atoms with E-state index in [-0.39, 0.29) is 24.3 Å².